The molecule has 1 atom stereocenters. The van der Waals surface area contributed by atoms with Gasteiger partial charge in [-0.1, -0.05) is 48.0 Å². The van der Waals surface area contributed by atoms with Gasteiger partial charge >= 0.3 is 0 Å². The van der Waals surface area contributed by atoms with Crippen molar-refractivity contribution in [1.29, 1.82) is 0 Å². The van der Waals surface area contributed by atoms with Gasteiger partial charge in [0.05, 0.1) is 10.8 Å². The van der Waals surface area contributed by atoms with E-state index in [4.69, 9.17) is 0 Å². The number of piperidine rings is 1. The zero-order valence-electron chi connectivity index (χ0n) is 16.8. The molecule has 0 bridgehead atoms. The summed E-state index contributed by atoms with van der Waals surface area (Å²) in [6, 6.07) is 12.7. The van der Waals surface area contributed by atoms with Crippen LogP contribution < -0.4 is 5.32 Å². The fraction of sp³-hybridized carbons (Fsp3) is 0.409. The number of anilines is 1. The Morgan fingerprint density at radius 2 is 1.72 bits per heavy atom. The summed E-state index contributed by atoms with van der Waals surface area (Å²) >= 11 is 3.33. The number of hydrogen-bond donors (Lipinski definition) is 1. The van der Waals surface area contributed by atoms with E-state index in [0.29, 0.717) is 19.4 Å². The fourth-order valence-corrected chi connectivity index (χ4v) is 5.55. The highest BCUT2D eigenvalue weighted by Gasteiger charge is 2.33. The quantitative estimate of drug-likeness (QED) is 0.658. The second-order valence-corrected chi connectivity index (χ2v) is 10.2. The summed E-state index contributed by atoms with van der Waals surface area (Å²) in [5, 5.41) is 3.10. The monoisotopic (exact) mass is 478 g/mol. The van der Waals surface area contributed by atoms with Crippen LogP contribution >= 0.6 is 15.9 Å². The Hall–Kier alpha value is -1.70. The normalized spacial score (nSPS) is 17.8. The van der Waals surface area contributed by atoms with Gasteiger partial charge in [-0.05, 0) is 61.1 Å². The lowest BCUT2D eigenvalue weighted by molar-refractivity contribution is -0.120. The first-order chi connectivity index (χ1) is 13.9. The molecule has 156 valence electrons. The van der Waals surface area contributed by atoms with Crippen LogP contribution in [-0.4, -0.2) is 31.7 Å². The lowest BCUT2D eigenvalue weighted by Crippen LogP contribution is -2.43. The number of carbonyl (C=O) groups excluding carboxylic acids is 1. The zero-order valence-corrected chi connectivity index (χ0v) is 19.2. The van der Waals surface area contributed by atoms with Crippen LogP contribution in [0.5, 0.6) is 0 Å². The van der Waals surface area contributed by atoms with E-state index in [9.17, 15) is 13.2 Å². The van der Waals surface area contributed by atoms with Crippen molar-refractivity contribution in [3.63, 3.8) is 0 Å². The van der Waals surface area contributed by atoms with Gasteiger partial charge in [-0.3, -0.25) is 4.79 Å². The number of para-hydroxylation sites is 1. The molecule has 3 rings (SSSR count). The van der Waals surface area contributed by atoms with Crippen molar-refractivity contribution in [2.24, 2.45) is 5.92 Å². The number of rotatable bonds is 6. The third kappa shape index (κ3) is 4.90. The van der Waals surface area contributed by atoms with Gasteiger partial charge in [-0.2, -0.15) is 4.31 Å². The molecule has 2 aromatic carbocycles. The van der Waals surface area contributed by atoms with Crippen LogP contribution in [0.3, 0.4) is 0 Å². The predicted molar refractivity (Wildman–Crippen MR) is 119 cm³/mol. The van der Waals surface area contributed by atoms with Crippen molar-refractivity contribution in [2.45, 2.75) is 44.4 Å². The molecular weight excluding hydrogens is 452 g/mol. The van der Waals surface area contributed by atoms with Crippen LogP contribution in [0.1, 0.15) is 37.8 Å². The minimum absolute atomic E-state index is 0.101. The molecule has 2 aromatic rings. The Morgan fingerprint density at radius 3 is 2.31 bits per heavy atom. The molecule has 0 unspecified atom stereocenters. The molecule has 29 heavy (non-hydrogen) atoms. The summed E-state index contributed by atoms with van der Waals surface area (Å²) in [4.78, 5) is 13.3. The summed E-state index contributed by atoms with van der Waals surface area (Å²) in [6.07, 6.45) is 3.02. The Balaban J connectivity index is 1.77. The van der Waals surface area contributed by atoms with E-state index in [1.165, 1.54) is 4.31 Å². The summed E-state index contributed by atoms with van der Waals surface area (Å²) < 4.78 is 28.3. The first-order valence-electron chi connectivity index (χ1n) is 10.0. The largest absolute Gasteiger partial charge is 0.325 e. The van der Waals surface area contributed by atoms with E-state index in [1.54, 1.807) is 24.3 Å². The predicted octanol–water partition coefficient (Wildman–Crippen LogP) is 4.61. The van der Waals surface area contributed by atoms with Gasteiger partial charge in [0.1, 0.15) is 0 Å². The number of halogens is 1. The standard InChI is InChI=1S/C22H27BrN2O3S/c1-3-16-7-5-8-17(4-2)21(16)24-22(26)18-9-6-14-25(15-18)29(27,28)20-12-10-19(23)11-13-20/h5,7-8,10-13,18H,3-4,6,9,14-15H2,1-2H3,(H,24,26)/t18-/m1/s1. The lowest BCUT2D eigenvalue weighted by atomic mass is 9.97. The lowest BCUT2D eigenvalue weighted by Gasteiger charge is -2.31. The molecule has 1 amide bonds. The fourth-order valence-electron chi connectivity index (χ4n) is 3.76. The molecule has 1 saturated heterocycles. The average Bonchev–Trinajstić information content (AvgIpc) is 2.74. The third-order valence-electron chi connectivity index (χ3n) is 5.45. The maximum atomic E-state index is 13.0. The molecule has 1 aliphatic heterocycles. The number of benzene rings is 2. The minimum atomic E-state index is -3.61. The number of sulfonamides is 1. The number of amides is 1. The van der Waals surface area contributed by atoms with Crippen molar-refractivity contribution >= 4 is 37.5 Å². The van der Waals surface area contributed by atoms with E-state index in [-0.39, 0.29) is 23.3 Å². The Morgan fingerprint density at radius 1 is 1.10 bits per heavy atom. The van der Waals surface area contributed by atoms with Gasteiger partial charge in [0, 0.05) is 23.2 Å². The highest BCUT2D eigenvalue weighted by atomic mass is 79.9. The summed E-state index contributed by atoms with van der Waals surface area (Å²) in [6.45, 7) is 4.78. The highest BCUT2D eigenvalue weighted by Crippen LogP contribution is 2.28. The van der Waals surface area contributed by atoms with Crippen molar-refractivity contribution < 1.29 is 13.2 Å². The van der Waals surface area contributed by atoms with Crippen LogP contribution in [0.15, 0.2) is 51.8 Å². The number of aryl methyl sites for hydroxylation is 2. The molecule has 1 N–H and O–H groups in total. The van der Waals surface area contributed by atoms with Crippen LogP contribution in [-0.2, 0) is 27.7 Å². The molecule has 5 nitrogen and oxygen atoms in total. The Bertz CT molecular complexity index is 952. The number of nitrogens with one attached hydrogen (secondary N) is 1. The maximum absolute atomic E-state index is 13.0. The van der Waals surface area contributed by atoms with Crippen LogP contribution in [0.4, 0.5) is 5.69 Å². The van der Waals surface area contributed by atoms with E-state index >= 15 is 0 Å². The topological polar surface area (TPSA) is 66.5 Å². The molecule has 1 heterocycles. The molecule has 0 aromatic heterocycles. The Labute approximate surface area is 181 Å². The van der Waals surface area contributed by atoms with Crippen molar-refractivity contribution in [3.8, 4) is 0 Å². The van der Waals surface area contributed by atoms with E-state index < -0.39 is 10.0 Å². The molecule has 1 fully saturated rings. The molecular formula is C22H27BrN2O3S. The summed E-state index contributed by atoms with van der Waals surface area (Å²) in [5.41, 5.74) is 3.09. The molecule has 0 saturated carbocycles. The molecule has 7 heteroatoms. The van der Waals surface area contributed by atoms with Crippen molar-refractivity contribution in [3.05, 3.63) is 58.1 Å². The SMILES string of the molecule is CCc1cccc(CC)c1NC(=O)[C@@H]1CCCN(S(=O)(=O)c2ccc(Br)cc2)C1. The van der Waals surface area contributed by atoms with Gasteiger partial charge in [0.15, 0.2) is 0 Å². The number of nitrogens with zero attached hydrogens (tertiary/aromatic N) is 1. The highest BCUT2D eigenvalue weighted by molar-refractivity contribution is 9.10. The van der Waals surface area contributed by atoms with Crippen molar-refractivity contribution in [1.82, 2.24) is 4.31 Å². The van der Waals surface area contributed by atoms with Crippen molar-refractivity contribution in [2.75, 3.05) is 18.4 Å². The summed E-state index contributed by atoms with van der Waals surface area (Å²) in [5.74, 6) is -0.458. The smallest absolute Gasteiger partial charge is 0.243 e. The summed E-state index contributed by atoms with van der Waals surface area (Å²) in [7, 11) is -3.61. The first-order valence-corrected chi connectivity index (χ1v) is 12.3. The van der Waals surface area contributed by atoms with E-state index in [1.807, 2.05) is 18.2 Å². The van der Waals surface area contributed by atoms with Crippen LogP contribution in [0, 0.1) is 5.92 Å². The van der Waals surface area contributed by atoms with Gasteiger partial charge in [0.25, 0.3) is 0 Å². The van der Waals surface area contributed by atoms with Gasteiger partial charge in [-0.15, -0.1) is 0 Å². The number of carbonyl (C=O) groups is 1. The average molecular weight is 479 g/mol. The van der Waals surface area contributed by atoms with Crippen LogP contribution in [0.25, 0.3) is 0 Å². The second-order valence-electron chi connectivity index (χ2n) is 7.30. The zero-order chi connectivity index (χ0) is 21.0. The second kappa shape index (κ2) is 9.41. The maximum Gasteiger partial charge on any atom is 0.243 e. The van der Waals surface area contributed by atoms with Crippen LogP contribution in [0.2, 0.25) is 0 Å². The van der Waals surface area contributed by atoms with E-state index in [0.717, 1.165) is 34.1 Å². The number of hydrogen-bond acceptors (Lipinski definition) is 3. The molecule has 0 spiro atoms. The first kappa shape index (κ1) is 22.0. The van der Waals surface area contributed by atoms with Gasteiger partial charge in [0.2, 0.25) is 15.9 Å². The molecule has 1 aliphatic rings. The third-order valence-corrected chi connectivity index (χ3v) is 7.86. The molecule has 0 aliphatic carbocycles. The Kier molecular flexibility index (Phi) is 7.14. The molecule has 0 radical (unpaired) electrons. The van der Waals surface area contributed by atoms with Gasteiger partial charge < -0.3 is 5.32 Å². The minimum Gasteiger partial charge on any atom is -0.325 e. The van der Waals surface area contributed by atoms with E-state index in [2.05, 4.69) is 35.1 Å². The van der Waals surface area contributed by atoms with Gasteiger partial charge in [-0.25, -0.2) is 8.42 Å².